The highest BCUT2D eigenvalue weighted by atomic mass is 32.2. The van der Waals surface area contributed by atoms with Crippen molar-refractivity contribution in [2.75, 3.05) is 39.0 Å². The van der Waals surface area contributed by atoms with Gasteiger partial charge in [-0.15, -0.1) is 0 Å². The van der Waals surface area contributed by atoms with Crippen LogP contribution < -0.4 is 15.4 Å². The molecule has 7 nitrogen and oxygen atoms in total. The number of para-hydroxylation sites is 1. The summed E-state index contributed by atoms with van der Waals surface area (Å²) in [7, 11) is -1.33. The molecule has 1 heterocycles. The molecule has 0 amide bonds. The van der Waals surface area contributed by atoms with Gasteiger partial charge in [0.15, 0.2) is 5.96 Å². The van der Waals surface area contributed by atoms with E-state index in [1.165, 1.54) is 0 Å². The minimum Gasteiger partial charge on any atom is -0.493 e. The smallest absolute Gasteiger partial charge is 0.213 e. The number of aryl methyl sites for hydroxylation is 1. The molecule has 0 saturated carbocycles. The third-order valence-corrected chi connectivity index (χ3v) is 6.62. The van der Waals surface area contributed by atoms with Crippen molar-refractivity contribution < 1.29 is 13.2 Å². The van der Waals surface area contributed by atoms with Crippen LogP contribution in [-0.4, -0.2) is 63.8 Å². The molecule has 0 aromatic heterocycles. The third-order valence-electron chi connectivity index (χ3n) is 4.74. The molecule has 0 aliphatic carbocycles. The normalized spacial score (nSPS) is 16.9. The number of hydrogen-bond donors (Lipinski definition) is 2. The average Bonchev–Trinajstić information content (AvgIpc) is 2.68. The van der Waals surface area contributed by atoms with Crippen molar-refractivity contribution in [3.63, 3.8) is 0 Å². The van der Waals surface area contributed by atoms with Crippen molar-refractivity contribution in [3.8, 4) is 5.75 Å². The van der Waals surface area contributed by atoms with Gasteiger partial charge >= 0.3 is 0 Å². The van der Waals surface area contributed by atoms with Crippen LogP contribution in [0.5, 0.6) is 5.75 Å². The molecule has 152 valence electrons. The Bertz CT molecular complexity index is 713. The molecule has 27 heavy (non-hydrogen) atoms. The molecule has 1 saturated heterocycles. The predicted octanol–water partition coefficient (Wildman–Crippen LogP) is 1.74. The molecular formula is C19H32N4O3S. The third kappa shape index (κ3) is 6.70. The molecule has 0 atom stereocenters. The molecule has 1 aliphatic heterocycles. The van der Waals surface area contributed by atoms with Crippen LogP contribution >= 0.6 is 0 Å². The van der Waals surface area contributed by atoms with Crippen LogP contribution in [0.4, 0.5) is 0 Å². The summed E-state index contributed by atoms with van der Waals surface area (Å²) < 4.78 is 31.2. The first kappa shape index (κ1) is 21.5. The topological polar surface area (TPSA) is 83.0 Å². The van der Waals surface area contributed by atoms with Gasteiger partial charge in [0.1, 0.15) is 5.75 Å². The molecule has 1 aromatic rings. The van der Waals surface area contributed by atoms with Crippen LogP contribution in [0.2, 0.25) is 0 Å². The number of nitrogens with zero attached hydrogens (tertiary/aromatic N) is 2. The maximum Gasteiger partial charge on any atom is 0.213 e. The van der Waals surface area contributed by atoms with E-state index in [1.807, 2.05) is 31.2 Å². The standard InChI is InChI=1S/C19H32N4O3S/c1-4-27(24,25)23-13-10-17(11-14-23)22-19(20-3)21-12-7-15-26-18-9-6-5-8-16(18)2/h5-6,8-9,17H,4,7,10-15H2,1-3H3,(H2,20,21,22). The van der Waals surface area contributed by atoms with Gasteiger partial charge in [0.2, 0.25) is 10.0 Å². The molecule has 8 heteroatoms. The Morgan fingerprint density at radius 3 is 2.63 bits per heavy atom. The largest absolute Gasteiger partial charge is 0.493 e. The van der Waals surface area contributed by atoms with Crippen LogP contribution in [-0.2, 0) is 10.0 Å². The van der Waals surface area contributed by atoms with Crippen LogP contribution in [0.15, 0.2) is 29.3 Å². The molecule has 1 aromatic carbocycles. The quantitative estimate of drug-likeness (QED) is 0.397. The van der Waals surface area contributed by atoms with Crippen molar-refractivity contribution in [2.45, 2.75) is 39.2 Å². The second-order valence-corrected chi connectivity index (χ2v) is 8.94. The monoisotopic (exact) mass is 396 g/mol. The van der Waals surface area contributed by atoms with Crippen LogP contribution in [0.25, 0.3) is 0 Å². The van der Waals surface area contributed by atoms with Crippen LogP contribution in [0.1, 0.15) is 31.7 Å². The maximum atomic E-state index is 11.9. The molecule has 1 aliphatic rings. The summed E-state index contributed by atoms with van der Waals surface area (Å²) in [6.07, 6.45) is 2.44. The highest BCUT2D eigenvalue weighted by molar-refractivity contribution is 7.89. The highest BCUT2D eigenvalue weighted by Crippen LogP contribution is 2.16. The van der Waals surface area contributed by atoms with E-state index in [2.05, 4.69) is 15.6 Å². The summed E-state index contributed by atoms with van der Waals surface area (Å²) in [6, 6.07) is 8.23. The summed E-state index contributed by atoms with van der Waals surface area (Å²) in [5.41, 5.74) is 1.14. The number of guanidine groups is 1. The molecule has 0 radical (unpaired) electrons. The lowest BCUT2D eigenvalue weighted by atomic mass is 10.1. The molecular weight excluding hydrogens is 364 g/mol. The summed E-state index contributed by atoms with van der Waals surface area (Å²) in [5.74, 6) is 1.84. The lowest BCUT2D eigenvalue weighted by Gasteiger charge is -2.32. The van der Waals surface area contributed by atoms with Gasteiger partial charge in [0, 0.05) is 32.7 Å². The Labute approximate surface area is 163 Å². The summed E-state index contributed by atoms with van der Waals surface area (Å²) in [5, 5.41) is 6.69. The van der Waals surface area contributed by atoms with E-state index < -0.39 is 10.0 Å². The second-order valence-electron chi connectivity index (χ2n) is 6.68. The van der Waals surface area contributed by atoms with Crippen molar-refractivity contribution in [2.24, 2.45) is 4.99 Å². The van der Waals surface area contributed by atoms with Gasteiger partial charge in [-0.05, 0) is 44.7 Å². The predicted molar refractivity (Wildman–Crippen MR) is 110 cm³/mol. The molecule has 0 unspecified atom stereocenters. The number of benzene rings is 1. The van der Waals surface area contributed by atoms with E-state index in [9.17, 15) is 8.42 Å². The van der Waals surface area contributed by atoms with Gasteiger partial charge in [-0.25, -0.2) is 12.7 Å². The molecule has 1 fully saturated rings. The van der Waals surface area contributed by atoms with Gasteiger partial charge in [-0.2, -0.15) is 0 Å². The Morgan fingerprint density at radius 1 is 1.30 bits per heavy atom. The Morgan fingerprint density at radius 2 is 2.00 bits per heavy atom. The van der Waals surface area contributed by atoms with E-state index in [4.69, 9.17) is 4.74 Å². The van der Waals surface area contributed by atoms with E-state index in [0.717, 1.165) is 43.1 Å². The fourth-order valence-electron chi connectivity index (χ4n) is 3.03. The number of piperidine rings is 1. The minimum absolute atomic E-state index is 0.166. The fraction of sp³-hybridized carbons (Fsp3) is 0.632. The van der Waals surface area contributed by atoms with Crippen molar-refractivity contribution >= 4 is 16.0 Å². The minimum atomic E-state index is -3.08. The first-order valence-corrected chi connectivity index (χ1v) is 11.2. The van der Waals surface area contributed by atoms with Crippen molar-refractivity contribution in [1.29, 1.82) is 0 Å². The number of nitrogens with one attached hydrogen (secondary N) is 2. The molecule has 0 bridgehead atoms. The molecule has 2 rings (SSSR count). The van der Waals surface area contributed by atoms with Crippen molar-refractivity contribution in [3.05, 3.63) is 29.8 Å². The van der Waals surface area contributed by atoms with Crippen LogP contribution in [0.3, 0.4) is 0 Å². The zero-order valence-electron chi connectivity index (χ0n) is 16.6. The Kier molecular flexibility index (Phi) is 8.37. The van der Waals surface area contributed by atoms with Crippen LogP contribution in [0, 0.1) is 6.92 Å². The first-order valence-electron chi connectivity index (χ1n) is 9.59. The van der Waals surface area contributed by atoms with E-state index in [0.29, 0.717) is 19.7 Å². The average molecular weight is 397 g/mol. The summed E-state index contributed by atoms with van der Waals surface area (Å²) in [4.78, 5) is 4.26. The van der Waals surface area contributed by atoms with Gasteiger partial charge in [-0.3, -0.25) is 4.99 Å². The Hall–Kier alpha value is -1.80. The zero-order chi connectivity index (χ0) is 19.7. The lowest BCUT2D eigenvalue weighted by molar-refractivity contribution is 0.303. The lowest BCUT2D eigenvalue weighted by Crippen LogP contribution is -2.50. The van der Waals surface area contributed by atoms with Gasteiger partial charge in [0.25, 0.3) is 0 Å². The highest BCUT2D eigenvalue weighted by Gasteiger charge is 2.26. The zero-order valence-corrected chi connectivity index (χ0v) is 17.4. The number of sulfonamides is 1. The van der Waals surface area contributed by atoms with Crippen molar-refractivity contribution in [1.82, 2.24) is 14.9 Å². The molecule has 2 N–H and O–H groups in total. The van der Waals surface area contributed by atoms with E-state index in [-0.39, 0.29) is 11.8 Å². The number of ether oxygens (including phenoxy) is 1. The second kappa shape index (κ2) is 10.5. The fourth-order valence-corrected chi connectivity index (χ4v) is 4.16. The van der Waals surface area contributed by atoms with Gasteiger partial charge in [-0.1, -0.05) is 18.2 Å². The first-order chi connectivity index (χ1) is 13.0. The number of hydrogen-bond acceptors (Lipinski definition) is 4. The number of rotatable bonds is 8. The summed E-state index contributed by atoms with van der Waals surface area (Å²) in [6.45, 7) is 6.26. The van der Waals surface area contributed by atoms with Gasteiger partial charge in [0.05, 0.1) is 12.4 Å². The SMILES string of the molecule is CCS(=O)(=O)N1CCC(NC(=NC)NCCCOc2ccccc2C)CC1. The number of aliphatic imine (C=N–C) groups is 1. The maximum absolute atomic E-state index is 11.9. The van der Waals surface area contributed by atoms with E-state index in [1.54, 1.807) is 18.3 Å². The van der Waals surface area contributed by atoms with E-state index >= 15 is 0 Å². The molecule has 0 spiro atoms. The van der Waals surface area contributed by atoms with Gasteiger partial charge < -0.3 is 15.4 Å². The Balaban J connectivity index is 1.66. The summed E-state index contributed by atoms with van der Waals surface area (Å²) >= 11 is 0.